The van der Waals surface area contributed by atoms with Crippen LogP contribution in [0.15, 0.2) is 29.2 Å². The summed E-state index contributed by atoms with van der Waals surface area (Å²) in [6.07, 6.45) is 6.25. The van der Waals surface area contributed by atoms with Crippen LogP contribution in [0.2, 0.25) is 0 Å². The van der Waals surface area contributed by atoms with E-state index in [1.165, 1.54) is 23.5 Å². The summed E-state index contributed by atoms with van der Waals surface area (Å²) in [6, 6.07) is 4.36. The molecule has 2 heterocycles. The molecule has 0 amide bonds. The van der Waals surface area contributed by atoms with Crippen molar-refractivity contribution in [1.29, 1.82) is 0 Å². The van der Waals surface area contributed by atoms with E-state index in [1.54, 1.807) is 0 Å². The molecule has 1 aromatic rings. The van der Waals surface area contributed by atoms with Gasteiger partial charge < -0.3 is 4.74 Å². The summed E-state index contributed by atoms with van der Waals surface area (Å²) < 4.78 is 6.27. The van der Waals surface area contributed by atoms with Crippen molar-refractivity contribution < 1.29 is 9.53 Å². The lowest BCUT2D eigenvalue weighted by atomic mass is 10.3. The molecule has 4 heteroatoms. The third-order valence-corrected chi connectivity index (χ3v) is 9.58. The SMILES string of the molecule is COC(=O)CC[P+]1(c2cccs2)CC=C(C)C1. The maximum absolute atomic E-state index is 11.3. The largest absolute Gasteiger partial charge is 0.469 e. The van der Waals surface area contributed by atoms with Crippen LogP contribution in [0.1, 0.15) is 13.3 Å². The Morgan fingerprint density at radius 1 is 1.59 bits per heavy atom. The smallest absolute Gasteiger partial charge is 0.309 e. The Morgan fingerprint density at radius 3 is 2.94 bits per heavy atom. The number of hydrogen-bond acceptors (Lipinski definition) is 3. The highest BCUT2D eigenvalue weighted by Gasteiger charge is 2.43. The third-order valence-electron chi connectivity index (χ3n) is 3.29. The summed E-state index contributed by atoms with van der Waals surface area (Å²) in [5.41, 5.74) is 1.48. The van der Waals surface area contributed by atoms with Crippen LogP contribution in [0.3, 0.4) is 0 Å². The van der Waals surface area contributed by atoms with Gasteiger partial charge in [0.1, 0.15) is 4.62 Å². The van der Waals surface area contributed by atoms with Crippen molar-refractivity contribution in [3.8, 4) is 0 Å². The van der Waals surface area contributed by atoms with Crippen molar-refractivity contribution in [3.63, 3.8) is 0 Å². The average molecular weight is 269 g/mol. The number of rotatable bonds is 4. The molecule has 0 saturated carbocycles. The van der Waals surface area contributed by atoms with Crippen LogP contribution in [0.25, 0.3) is 0 Å². The van der Waals surface area contributed by atoms with Crippen molar-refractivity contribution in [1.82, 2.24) is 0 Å². The molecule has 0 aromatic carbocycles. The molecule has 1 aliphatic heterocycles. The normalized spacial score (nSPS) is 23.5. The molecule has 0 aliphatic carbocycles. The Morgan fingerprint density at radius 2 is 2.41 bits per heavy atom. The maximum Gasteiger partial charge on any atom is 0.309 e. The first-order valence-electron chi connectivity index (χ1n) is 5.79. The van der Waals surface area contributed by atoms with Gasteiger partial charge in [-0.25, -0.2) is 0 Å². The molecular formula is C13H18O2PS+. The van der Waals surface area contributed by atoms with Gasteiger partial charge in [0.2, 0.25) is 0 Å². The highest BCUT2D eigenvalue weighted by atomic mass is 32.1. The number of methoxy groups -OCH3 is 1. The summed E-state index contributed by atoms with van der Waals surface area (Å²) in [7, 11) is 0.319. The molecular weight excluding hydrogens is 251 g/mol. The average Bonchev–Trinajstić information content (AvgIpc) is 2.96. The highest BCUT2D eigenvalue weighted by molar-refractivity contribution is 7.87. The third kappa shape index (κ3) is 2.78. The molecule has 0 saturated heterocycles. The van der Waals surface area contributed by atoms with Crippen LogP contribution in [-0.4, -0.2) is 31.6 Å². The number of esters is 1. The molecule has 0 radical (unpaired) electrons. The monoisotopic (exact) mass is 269 g/mol. The molecule has 92 valence electrons. The van der Waals surface area contributed by atoms with Gasteiger partial charge in [0.25, 0.3) is 0 Å². The number of allylic oxidation sites excluding steroid dienone is 2. The first-order chi connectivity index (χ1) is 8.16. The zero-order chi connectivity index (χ0) is 12.3. The van der Waals surface area contributed by atoms with E-state index in [2.05, 4.69) is 30.5 Å². The zero-order valence-electron chi connectivity index (χ0n) is 10.3. The summed E-state index contributed by atoms with van der Waals surface area (Å²) in [4.78, 5) is 11.3. The molecule has 2 nitrogen and oxygen atoms in total. The van der Waals surface area contributed by atoms with Gasteiger partial charge in [0, 0.05) is 0 Å². The van der Waals surface area contributed by atoms with E-state index in [4.69, 9.17) is 4.74 Å². The molecule has 2 rings (SSSR count). The van der Waals surface area contributed by atoms with E-state index >= 15 is 0 Å². The lowest BCUT2D eigenvalue weighted by Gasteiger charge is -2.20. The van der Waals surface area contributed by atoms with Crippen LogP contribution in [0.4, 0.5) is 0 Å². The standard InChI is InChI=1S/C13H18O2PS/c1-11-5-7-16(10-11,8-6-12(14)15-2)13-4-3-9-17-13/h3-5,9H,6-8,10H2,1-2H3/q+1. The molecule has 17 heavy (non-hydrogen) atoms. The fraction of sp³-hybridized carbons (Fsp3) is 0.462. The molecule has 0 fully saturated rings. The number of carbonyl (C=O) groups excluding carboxylic acids is 1. The summed E-state index contributed by atoms with van der Waals surface area (Å²) in [6.45, 7) is 2.20. The minimum absolute atomic E-state index is 0.0783. The van der Waals surface area contributed by atoms with E-state index in [0.717, 1.165) is 12.3 Å². The first kappa shape index (κ1) is 12.8. The van der Waals surface area contributed by atoms with Gasteiger partial charge in [-0.15, -0.1) is 11.3 Å². The lowest BCUT2D eigenvalue weighted by Crippen LogP contribution is -2.17. The van der Waals surface area contributed by atoms with E-state index in [9.17, 15) is 4.79 Å². The van der Waals surface area contributed by atoms with Gasteiger partial charge in [-0.2, -0.15) is 0 Å². The summed E-state index contributed by atoms with van der Waals surface area (Å²) in [5, 5.41) is 2.14. The van der Waals surface area contributed by atoms with E-state index in [0.29, 0.717) is 6.42 Å². The quantitative estimate of drug-likeness (QED) is 0.477. The van der Waals surface area contributed by atoms with E-state index in [-0.39, 0.29) is 5.97 Å². The Hall–Kier alpha value is -0.660. The van der Waals surface area contributed by atoms with Crippen LogP contribution in [0, 0.1) is 0 Å². The van der Waals surface area contributed by atoms with Gasteiger partial charge in [-0.05, 0) is 36.1 Å². The van der Waals surface area contributed by atoms with Gasteiger partial charge in [0.15, 0.2) is 0 Å². The first-order valence-corrected chi connectivity index (χ1v) is 9.01. The van der Waals surface area contributed by atoms with Crippen molar-refractivity contribution in [2.24, 2.45) is 0 Å². The maximum atomic E-state index is 11.3. The Balaban J connectivity index is 2.12. The van der Waals surface area contributed by atoms with Crippen molar-refractivity contribution in [2.75, 3.05) is 25.6 Å². The number of carbonyl (C=O) groups is 1. The molecule has 1 aromatic heterocycles. The van der Waals surface area contributed by atoms with Gasteiger partial charge in [-0.3, -0.25) is 4.79 Å². The second-order valence-corrected chi connectivity index (χ2v) is 9.69. The number of hydrogen-bond donors (Lipinski definition) is 0. The summed E-state index contributed by atoms with van der Waals surface area (Å²) >= 11 is 1.84. The van der Waals surface area contributed by atoms with Gasteiger partial charge >= 0.3 is 5.97 Å². The fourth-order valence-corrected chi connectivity index (χ4v) is 8.34. The minimum Gasteiger partial charge on any atom is -0.469 e. The van der Waals surface area contributed by atoms with Gasteiger partial charge in [-0.1, -0.05) is 0 Å². The van der Waals surface area contributed by atoms with Crippen LogP contribution in [0.5, 0.6) is 0 Å². The number of ether oxygens (including phenoxy) is 1. The molecule has 0 bridgehead atoms. The zero-order valence-corrected chi connectivity index (χ0v) is 12.0. The predicted octanol–water partition coefficient (Wildman–Crippen LogP) is 2.91. The van der Waals surface area contributed by atoms with Crippen LogP contribution < -0.4 is 4.62 Å². The minimum atomic E-state index is -1.15. The van der Waals surface area contributed by atoms with Crippen LogP contribution >= 0.6 is 18.6 Å². The topological polar surface area (TPSA) is 26.3 Å². The van der Waals surface area contributed by atoms with Crippen molar-refractivity contribution in [3.05, 3.63) is 29.2 Å². The molecule has 0 spiro atoms. The predicted molar refractivity (Wildman–Crippen MR) is 75.9 cm³/mol. The van der Waals surface area contributed by atoms with E-state index < -0.39 is 7.26 Å². The summed E-state index contributed by atoms with van der Waals surface area (Å²) in [5.74, 6) is -0.0783. The van der Waals surface area contributed by atoms with Gasteiger partial charge in [0.05, 0.1) is 39.3 Å². The number of thiophene rings is 1. The molecule has 1 unspecified atom stereocenters. The fourth-order valence-electron chi connectivity index (χ4n) is 2.33. The Bertz CT molecular complexity index is 425. The second-order valence-electron chi connectivity index (χ2n) is 4.54. The Labute approximate surface area is 107 Å². The Kier molecular flexibility index (Phi) is 4.01. The van der Waals surface area contributed by atoms with E-state index in [1.807, 2.05) is 11.3 Å². The second kappa shape index (κ2) is 5.32. The molecule has 1 atom stereocenters. The van der Waals surface area contributed by atoms with Crippen molar-refractivity contribution in [2.45, 2.75) is 13.3 Å². The van der Waals surface area contributed by atoms with Crippen molar-refractivity contribution >= 4 is 29.2 Å². The lowest BCUT2D eigenvalue weighted by molar-refractivity contribution is -0.140. The van der Waals surface area contributed by atoms with Crippen LogP contribution in [-0.2, 0) is 9.53 Å². The molecule has 0 N–H and O–H groups in total. The highest BCUT2D eigenvalue weighted by Crippen LogP contribution is 2.63. The molecule has 1 aliphatic rings.